The van der Waals surface area contributed by atoms with Gasteiger partial charge < -0.3 is 9.73 Å². The number of furan rings is 1. The average Bonchev–Trinajstić information content (AvgIpc) is 2.87. The highest BCUT2D eigenvalue weighted by atomic mass is 19.1. The van der Waals surface area contributed by atoms with Crippen molar-refractivity contribution in [2.75, 3.05) is 5.32 Å². The van der Waals surface area contributed by atoms with Crippen LogP contribution in [-0.4, -0.2) is 18.0 Å². The van der Waals surface area contributed by atoms with Crippen LogP contribution in [0.15, 0.2) is 45.9 Å². The maximum Gasteiger partial charge on any atom is 0.329 e. The summed E-state index contributed by atoms with van der Waals surface area (Å²) in [6, 6.07) is 8.44. The number of rotatable bonds is 3. The molecule has 0 saturated heterocycles. The van der Waals surface area contributed by atoms with Gasteiger partial charge in [0.25, 0.3) is 0 Å². The molecule has 0 unspecified atom stereocenters. The lowest BCUT2D eigenvalue weighted by Crippen LogP contribution is -2.32. The van der Waals surface area contributed by atoms with E-state index in [4.69, 9.17) is 4.42 Å². The highest BCUT2D eigenvalue weighted by molar-refractivity contribution is 6.39. The molecule has 0 atom stereocenters. The van der Waals surface area contributed by atoms with Gasteiger partial charge in [0.05, 0.1) is 6.21 Å². The SMILES string of the molecule is Cc1ccc(/C=N/NC(=O)C(=O)Nc2ccc(F)cc2)o1. The molecule has 0 spiro atoms. The second kappa shape index (κ2) is 6.47. The van der Waals surface area contributed by atoms with Crippen molar-refractivity contribution in [1.82, 2.24) is 5.43 Å². The summed E-state index contributed by atoms with van der Waals surface area (Å²) < 4.78 is 17.9. The largest absolute Gasteiger partial charge is 0.460 e. The predicted molar refractivity (Wildman–Crippen MR) is 74.2 cm³/mol. The zero-order chi connectivity index (χ0) is 15.2. The predicted octanol–water partition coefficient (Wildman–Crippen LogP) is 1.82. The molecule has 6 nitrogen and oxygen atoms in total. The summed E-state index contributed by atoms with van der Waals surface area (Å²) in [5.41, 5.74) is 2.36. The molecule has 108 valence electrons. The Labute approximate surface area is 119 Å². The minimum atomic E-state index is -0.946. The van der Waals surface area contributed by atoms with Crippen LogP contribution >= 0.6 is 0 Å². The maximum atomic E-state index is 12.7. The first kappa shape index (κ1) is 14.4. The number of benzene rings is 1. The third-order valence-corrected chi connectivity index (χ3v) is 2.43. The first-order valence-corrected chi connectivity index (χ1v) is 6.01. The smallest absolute Gasteiger partial charge is 0.329 e. The van der Waals surface area contributed by atoms with Crippen molar-refractivity contribution in [2.45, 2.75) is 6.92 Å². The molecular weight excluding hydrogens is 277 g/mol. The molecule has 2 N–H and O–H groups in total. The van der Waals surface area contributed by atoms with Gasteiger partial charge in [0.2, 0.25) is 0 Å². The van der Waals surface area contributed by atoms with E-state index in [1.807, 2.05) is 0 Å². The van der Waals surface area contributed by atoms with Crippen molar-refractivity contribution in [3.8, 4) is 0 Å². The Morgan fingerprint density at radius 2 is 1.86 bits per heavy atom. The normalized spacial score (nSPS) is 10.6. The number of hydrogen-bond acceptors (Lipinski definition) is 4. The Morgan fingerprint density at radius 1 is 1.14 bits per heavy atom. The fourth-order valence-electron chi connectivity index (χ4n) is 1.45. The van der Waals surface area contributed by atoms with Crippen LogP contribution in [0.4, 0.5) is 10.1 Å². The van der Waals surface area contributed by atoms with Crippen molar-refractivity contribution in [3.63, 3.8) is 0 Å². The van der Waals surface area contributed by atoms with Gasteiger partial charge in [-0.15, -0.1) is 0 Å². The summed E-state index contributed by atoms with van der Waals surface area (Å²) in [7, 11) is 0. The Balaban J connectivity index is 1.86. The summed E-state index contributed by atoms with van der Waals surface area (Å²) in [6.45, 7) is 1.77. The number of nitrogens with zero attached hydrogens (tertiary/aromatic N) is 1. The number of nitrogens with one attached hydrogen (secondary N) is 2. The van der Waals surface area contributed by atoms with Crippen LogP contribution in [0.3, 0.4) is 0 Å². The molecule has 0 aliphatic heterocycles. The van der Waals surface area contributed by atoms with Crippen LogP contribution in [0.1, 0.15) is 11.5 Å². The van der Waals surface area contributed by atoms with Gasteiger partial charge in [-0.25, -0.2) is 9.82 Å². The van der Waals surface area contributed by atoms with E-state index in [1.54, 1.807) is 19.1 Å². The van der Waals surface area contributed by atoms with E-state index >= 15 is 0 Å². The van der Waals surface area contributed by atoms with Crippen molar-refractivity contribution in [1.29, 1.82) is 0 Å². The van der Waals surface area contributed by atoms with Crippen LogP contribution in [0.5, 0.6) is 0 Å². The van der Waals surface area contributed by atoms with Crippen LogP contribution in [-0.2, 0) is 9.59 Å². The number of amides is 2. The molecule has 2 amide bonds. The average molecular weight is 289 g/mol. The highest BCUT2D eigenvalue weighted by Gasteiger charge is 2.12. The molecule has 1 aromatic heterocycles. The van der Waals surface area contributed by atoms with Crippen LogP contribution in [0.25, 0.3) is 0 Å². The van der Waals surface area contributed by atoms with Gasteiger partial charge in [-0.05, 0) is 43.3 Å². The molecule has 0 aliphatic rings. The molecule has 1 heterocycles. The zero-order valence-corrected chi connectivity index (χ0v) is 11.1. The van der Waals surface area contributed by atoms with Gasteiger partial charge >= 0.3 is 11.8 Å². The lowest BCUT2D eigenvalue weighted by Gasteiger charge is -2.03. The fraction of sp³-hybridized carbons (Fsp3) is 0.0714. The summed E-state index contributed by atoms with van der Waals surface area (Å²) in [6.07, 6.45) is 1.27. The minimum Gasteiger partial charge on any atom is -0.460 e. The van der Waals surface area contributed by atoms with E-state index in [9.17, 15) is 14.0 Å². The molecule has 0 aliphatic carbocycles. The number of carbonyl (C=O) groups excluding carboxylic acids is 2. The van der Waals surface area contributed by atoms with Crippen molar-refractivity contribution < 1.29 is 18.4 Å². The third-order valence-electron chi connectivity index (χ3n) is 2.43. The summed E-state index contributed by atoms with van der Waals surface area (Å²) in [5.74, 6) is -1.13. The lowest BCUT2D eigenvalue weighted by molar-refractivity contribution is -0.136. The van der Waals surface area contributed by atoms with Crippen molar-refractivity contribution >= 4 is 23.7 Å². The molecular formula is C14H12FN3O3. The van der Waals surface area contributed by atoms with Gasteiger partial charge in [-0.1, -0.05) is 0 Å². The molecule has 1 aromatic carbocycles. The van der Waals surface area contributed by atoms with Crippen LogP contribution in [0, 0.1) is 12.7 Å². The quantitative estimate of drug-likeness (QED) is 0.513. The molecule has 0 radical (unpaired) electrons. The number of anilines is 1. The summed E-state index contributed by atoms with van der Waals surface area (Å²) >= 11 is 0. The third kappa shape index (κ3) is 4.27. The van der Waals surface area contributed by atoms with E-state index in [0.29, 0.717) is 17.2 Å². The standard InChI is InChI=1S/C14H12FN3O3/c1-9-2-7-12(21-9)8-16-18-14(20)13(19)17-11-5-3-10(15)4-6-11/h2-8H,1H3,(H,17,19)(H,18,20)/b16-8+. The van der Waals surface area contributed by atoms with Gasteiger partial charge in [0.15, 0.2) is 0 Å². The van der Waals surface area contributed by atoms with Crippen LogP contribution in [0.2, 0.25) is 0 Å². The number of aryl methyl sites for hydroxylation is 1. The molecule has 2 aromatic rings. The Hall–Kier alpha value is -2.96. The van der Waals surface area contributed by atoms with E-state index in [1.165, 1.54) is 30.5 Å². The number of halogens is 1. The van der Waals surface area contributed by atoms with Gasteiger partial charge in [0.1, 0.15) is 17.3 Å². The van der Waals surface area contributed by atoms with Crippen LogP contribution < -0.4 is 10.7 Å². The fourth-order valence-corrected chi connectivity index (χ4v) is 1.45. The van der Waals surface area contributed by atoms with E-state index < -0.39 is 17.6 Å². The molecule has 0 fully saturated rings. The van der Waals surface area contributed by atoms with E-state index in [-0.39, 0.29) is 0 Å². The van der Waals surface area contributed by atoms with E-state index in [0.717, 1.165) is 0 Å². The molecule has 21 heavy (non-hydrogen) atoms. The lowest BCUT2D eigenvalue weighted by atomic mass is 10.3. The molecule has 2 rings (SSSR count). The monoisotopic (exact) mass is 289 g/mol. The second-order valence-electron chi connectivity index (χ2n) is 4.11. The number of hydrazone groups is 1. The van der Waals surface area contributed by atoms with Gasteiger partial charge in [-0.2, -0.15) is 5.10 Å². The number of hydrogen-bond donors (Lipinski definition) is 2. The first-order valence-electron chi connectivity index (χ1n) is 6.01. The number of carbonyl (C=O) groups is 2. The van der Waals surface area contributed by atoms with Crippen molar-refractivity contribution in [3.05, 3.63) is 53.7 Å². The second-order valence-corrected chi connectivity index (χ2v) is 4.11. The summed E-state index contributed by atoms with van der Waals surface area (Å²) in [5, 5.41) is 5.90. The van der Waals surface area contributed by atoms with Gasteiger partial charge in [0, 0.05) is 5.69 Å². The molecule has 0 bridgehead atoms. The van der Waals surface area contributed by atoms with E-state index in [2.05, 4.69) is 15.8 Å². The topological polar surface area (TPSA) is 83.7 Å². The summed E-state index contributed by atoms with van der Waals surface area (Å²) in [4.78, 5) is 23.0. The maximum absolute atomic E-state index is 12.7. The minimum absolute atomic E-state index is 0.308. The zero-order valence-electron chi connectivity index (χ0n) is 11.1. The Bertz CT molecular complexity index is 677. The first-order chi connectivity index (χ1) is 10.0. The van der Waals surface area contributed by atoms with Crippen molar-refractivity contribution in [2.24, 2.45) is 5.10 Å². The molecule has 0 saturated carbocycles. The highest BCUT2D eigenvalue weighted by Crippen LogP contribution is 2.07. The Kier molecular flexibility index (Phi) is 4.45. The van der Waals surface area contributed by atoms with Gasteiger partial charge in [-0.3, -0.25) is 9.59 Å². The Morgan fingerprint density at radius 3 is 2.48 bits per heavy atom. The molecule has 7 heteroatoms.